The van der Waals surface area contributed by atoms with Crippen LogP contribution in [0.15, 0.2) is 24.3 Å². The van der Waals surface area contributed by atoms with Crippen molar-refractivity contribution < 1.29 is 17.1 Å². The number of halogens is 1. The van der Waals surface area contributed by atoms with Gasteiger partial charge in [0.15, 0.2) is 0 Å². The fraction of sp³-hybridized carbons (Fsp3) is 0.385. The summed E-state index contributed by atoms with van der Waals surface area (Å²) in [5, 5.41) is 8.78. The Labute approximate surface area is 116 Å². The number of nitriles is 1. The zero-order valence-electron chi connectivity index (χ0n) is 10.6. The van der Waals surface area contributed by atoms with Gasteiger partial charge in [0, 0.05) is 24.6 Å². The zero-order valence-corrected chi connectivity index (χ0v) is 11.4. The van der Waals surface area contributed by atoms with Crippen molar-refractivity contribution in [2.45, 2.75) is 12.8 Å². The molecule has 5 nitrogen and oxygen atoms in total. The summed E-state index contributed by atoms with van der Waals surface area (Å²) in [5.41, 5.74) is 1.30. The summed E-state index contributed by atoms with van der Waals surface area (Å²) in [7, 11) is -4.59. The SMILES string of the molecule is N#CCc1ccccc1N1CC(CS(=O)(=O)F)CC1=O. The van der Waals surface area contributed by atoms with Gasteiger partial charge in [0.2, 0.25) is 5.91 Å². The van der Waals surface area contributed by atoms with Gasteiger partial charge in [-0.15, -0.1) is 3.89 Å². The topological polar surface area (TPSA) is 78.2 Å². The highest BCUT2D eigenvalue weighted by Crippen LogP contribution is 2.29. The third-order valence-electron chi connectivity index (χ3n) is 3.19. The second-order valence-electron chi connectivity index (χ2n) is 4.74. The lowest BCUT2D eigenvalue weighted by molar-refractivity contribution is -0.117. The number of anilines is 1. The van der Waals surface area contributed by atoms with Crippen LogP contribution in [0.1, 0.15) is 12.0 Å². The van der Waals surface area contributed by atoms with E-state index in [1.165, 1.54) is 4.90 Å². The van der Waals surface area contributed by atoms with Gasteiger partial charge in [0.1, 0.15) is 0 Å². The number of hydrogen-bond donors (Lipinski definition) is 0. The van der Waals surface area contributed by atoms with Crippen molar-refractivity contribution >= 4 is 21.8 Å². The number of carbonyl (C=O) groups is 1. The second-order valence-corrected chi connectivity index (χ2v) is 6.15. The molecule has 2 rings (SSSR count). The Balaban J connectivity index is 2.22. The molecule has 1 aliphatic rings. The van der Waals surface area contributed by atoms with Gasteiger partial charge in [-0.3, -0.25) is 4.79 Å². The first-order valence-electron chi connectivity index (χ1n) is 6.08. The van der Waals surface area contributed by atoms with Gasteiger partial charge < -0.3 is 4.90 Å². The lowest BCUT2D eigenvalue weighted by Gasteiger charge is -2.19. The van der Waals surface area contributed by atoms with Crippen LogP contribution in [0.3, 0.4) is 0 Å². The van der Waals surface area contributed by atoms with Crippen molar-refractivity contribution in [3.8, 4) is 6.07 Å². The number of para-hydroxylation sites is 1. The highest BCUT2D eigenvalue weighted by atomic mass is 32.3. The Bertz CT molecular complexity index is 666. The molecule has 0 N–H and O–H groups in total. The van der Waals surface area contributed by atoms with Gasteiger partial charge in [-0.05, 0) is 11.6 Å². The molecule has 0 spiro atoms. The molecule has 106 valence electrons. The van der Waals surface area contributed by atoms with Crippen molar-refractivity contribution in [3.63, 3.8) is 0 Å². The van der Waals surface area contributed by atoms with E-state index in [-0.39, 0.29) is 25.3 Å². The largest absolute Gasteiger partial charge is 0.312 e. The van der Waals surface area contributed by atoms with E-state index in [4.69, 9.17) is 5.26 Å². The molecule has 1 amide bonds. The van der Waals surface area contributed by atoms with Crippen molar-refractivity contribution in [2.75, 3.05) is 17.2 Å². The van der Waals surface area contributed by atoms with E-state index in [0.29, 0.717) is 11.3 Å². The molecule has 1 aromatic carbocycles. The second kappa shape index (κ2) is 5.59. The van der Waals surface area contributed by atoms with Crippen LogP contribution in [0.5, 0.6) is 0 Å². The molecule has 1 saturated heterocycles. The average Bonchev–Trinajstić information content (AvgIpc) is 2.69. The molecule has 1 unspecified atom stereocenters. The highest BCUT2D eigenvalue weighted by Gasteiger charge is 2.34. The predicted octanol–water partition coefficient (Wildman–Crippen LogP) is 1.40. The Morgan fingerprint density at radius 3 is 2.75 bits per heavy atom. The molecule has 1 atom stereocenters. The monoisotopic (exact) mass is 296 g/mol. The third kappa shape index (κ3) is 3.33. The maximum Gasteiger partial charge on any atom is 0.302 e. The minimum Gasteiger partial charge on any atom is -0.312 e. The average molecular weight is 296 g/mol. The molecular formula is C13H13FN2O3S. The summed E-state index contributed by atoms with van der Waals surface area (Å²) < 4.78 is 34.0. The Morgan fingerprint density at radius 1 is 1.40 bits per heavy atom. The number of benzene rings is 1. The fourth-order valence-electron chi connectivity index (χ4n) is 2.42. The number of nitrogens with zero attached hydrogens (tertiary/aromatic N) is 2. The number of amides is 1. The third-order valence-corrected chi connectivity index (χ3v) is 4.06. The van der Waals surface area contributed by atoms with Crippen LogP contribution in [-0.2, 0) is 21.4 Å². The summed E-state index contributed by atoms with van der Waals surface area (Å²) in [6.07, 6.45) is 0.163. The van der Waals surface area contributed by atoms with Crippen molar-refractivity contribution in [1.82, 2.24) is 0 Å². The van der Waals surface area contributed by atoms with E-state index in [0.717, 1.165) is 0 Å². The molecule has 1 fully saturated rings. The summed E-state index contributed by atoms with van der Waals surface area (Å²) in [4.78, 5) is 13.4. The smallest absolute Gasteiger partial charge is 0.302 e. The van der Waals surface area contributed by atoms with Crippen LogP contribution < -0.4 is 4.90 Å². The highest BCUT2D eigenvalue weighted by molar-refractivity contribution is 7.86. The number of hydrogen-bond acceptors (Lipinski definition) is 4. The molecule has 0 saturated carbocycles. The summed E-state index contributed by atoms with van der Waals surface area (Å²) in [6.45, 7) is 0.157. The van der Waals surface area contributed by atoms with Crippen LogP contribution >= 0.6 is 0 Å². The molecule has 0 bridgehead atoms. The van der Waals surface area contributed by atoms with Crippen LogP contribution in [0, 0.1) is 17.2 Å². The van der Waals surface area contributed by atoms with E-state index < -0.39 is 21.9 Å². The van der Waals surface area contributed by atoms with E-state index >= 15 is 0 Å². The molecule has 0 aliphatic carbocycles. The zero-order chi connectivity index (χ0) is 14.8. The maximum atomic E-state index is 12.7. The van der Waals surface area contributed by atoms with E-state index in [1.807, 2.05) is 6.07 Å². The van der Waals surface area contributed by atoms with E-state index in [1.54, 1.807) is 24.3 Å². The van der Waals surface area contributed by atoms with Crippen molar-refractivity contribution in [2.24, 2.45) is 5.92 Å². The van der Waals surface area contributed by atoms with Gasteiger partial charge in [0.05, 0.1) is 18.2 Å². The molecule has 1 aromatic rings. The Morgan fingerprint density at radius 2 is 2.10 bits per heavy atom. The van der Waals surface area contributed by atoms with Gasteiger partial charge in [-0.2, -0.15) is 13.7 Å². The number of rotatable bonds is 4. The summed E-state index contributed by atoms with van der Waals surface area (Å²) >= 11 is 0. The number of carbonyl (C=O) groups excluding carboxylic acids is 1. The van der Waals surface area contributed by atoms with E-state index in [2.05, 4.69) is 0 Å². The summed E-state index contributed by atoms with van der Waals surface area (Å²) in [6, 6.07) is 8.97. The standard InChI is InChI=1S/C13H13FN2O3S/c14-20(18,19)9-10-7-13(17)16(8-10)12-4-2-1-3-11(12)5-6-15/h1-4,10H,5,7-9H2. The molecule has 1 heterocycles. The van der Waals surface area contributed by atoms with Crippen LogP contribution in [0.25, 0.3) is 0 Å². The first-order chi connectivity index (χ1) is 9.40. The van der Waals surface area contributed by atoms with Gasteiger partial charge in [-0.25, -0.2) is 0 Å². The predicted molar refractivity (Wildman–Crippen MR) is 71.1 cm³/mol. The quantitative estimate of drug-likeness (QED) is 0.787. The van der Waals surface area contributed by atoms with Crippen LogP contribution in [0.2, 0.25) is 0 Å². The van der Waals surface area contributed by atoms with Crippen LogP contribution in [-0.4, -0.2) is 26.6 Å². The molecule has 0 aromatic heterocycles. The van der Waals surface area contributed by atoms with E-state index in [9.17, 15) is 17.1 Å². The molecular weight excluding hydrogens is 283 g/mol. The van der Waals surface area contributed by atoms with Gasteiger partial charge >= 0.3 is 10.2 Å². The van der Waals surface area contributed by atoms with Crippen molar-refractivity contribution in [1.29, 1.82) is 5.26 Å². The normalized spacial score (nSPS) is 19.1. The molecule has 1 aliphatic heterocycles. The lowest BCUT2D eigenvalue weighted by Crippen LogP contribution is -2.26. The molecule has 0 radical (unpaired) electrons. The first kappa shape index (κ1) is 14.5. The molecule has 7 heteroatoms. The Kier molecular flexibility index (Phi) is 4.04. The molecule has 20 heavy (non-hydrogen) atoms. The minimum atomic E-state index is -4.59. The van der Waals surface area contributed by atoms with Crippen molar-refractivity contribution in [3.05, 3.63) is 29.8 Å². The lowest BCUT2D eigenvalue weighted by atomic mass is 10.1. The summed E-state index contributed by atoms with van der Waals surface area (Å²) in [5.74, 6) is -1.44. The van der Waals surface area contributed by atoms with Gasteiger partial charge in [-0.1, -0.05) is 18.2 Å². The van der Waals surface area contributed by atoms with Crippen LogP contribution in [0.4, 0.5) is 9.57 Å². The van der Waals surface area contributed by atoms with Gasteiger partial charge in [0.25, 0.3) is 0 Å². The maximum absolute atomic E-state index is 12.7. The minimum absolute atomic E-state index is 0.00401. The fourth-order valence-corrected chi connectivity index (χ4v) is 3.20. The Hall–Kier alpha value is -1.94. The first-order valence-corrected chi connectivity index (χ1v) is 7.63.